The number of amides is 2. The Morgan fingerprint density at radius 2 is 1.81 bits per heavy atom. The number of nitrogens with one attached hydrogen (secondary N) is 2. The van der Waals surface area contributed by atoms with E-state index in [1.54, 1.807) is 6.92 Å². The molecule has 0 aromatic rings. The Hall–Kier alpha value is -1.10. The third-order valence-corrected chi connectivity index (χ3v) is 2.09. The lowest BCUT2D eigenvalue weighted by molar-refractivity contribution is -0.125. The van der Waals surface area contributed by atoms with E-state index in [4.69, 9.17) is 5.73 Å². The SMILES string of the molecule is CCC(NC(C)C(=O)NC(C)(C)C)C(N)=O. The van der Waals surface area contributed by atoms with E-state index in [-0.39, 0.29) is 11.4 Å². The molecule has 0 fully saturated rings. The highest BCUT2D eigenvalue weighted by Crippen LogP contribution is 2.00. The minimum Gasteiger partial charge on any atom is -0.368 e. The number of hydrogen-bond acceptors (Lipinski definition) is 3. The Morgan fingerprint density at radius 1 is 1.31 bits per heavy atom. The molecule has 0 aromatic carbocycles. The normalized spacial score (nSPS) is 15.3. The zero-order chi connectivity index (χ0) is 12.9. The fraction of sp³-hybridized carbons (Fsp3) is 0.818. The molecule has 5 heteroatoms. The van der Waals surface area contributed by atoms with Gasteiger partial charge in [0.25, 0.3) is 0 Å². The molecule has 94 valence electrons. The molecular formula is C11H23N3O2. The predicted molar refractivity (Wildman–Crippen MR) is 63.8 cm³/mol. The second-order valence-corrected chi connectivity index (χ2v) is 4.99. The van der Waals surface area contributed by atoms with Gasteiger partial charge in [-0.05, 0) is 34.1 Å². The third-order valence-electron chi connectivity index (χ3n) is 2.09. The molecule has 0 heterocycles. The molecule has 0 aliphatic rings. The molecule has 5 nitrogen and oxygen atoms in total. The van der Waals surface area contributed by atoms with Gasteiger partial charge in [0.15, 0.2) is 0 Å². The fourth-order valence-electron chi connectivity index (χ4n) is 1.26. The van der Waals surface area contributed by atoms with E-state index in [1.165, 1.54) is 0 Å². The molecule has 2 unspecified atom stereocenters. The minimum atomic E-state index is -0.458. The van der Waals surface area contributed by atoms with Gasteiger partial charge in [0, 0.05) is 5.54 Å². The van der Waals surface area contributed by atoms with Crippen molar-refractivity contribution in [3.05, 3.63) is 0 Å². The van der Waals surface area contributed by atoms with Crippen LogP contribution in [0.15, 0.2) is 0 Å². The minimum absolute atomic E-state index is 0.132. The average Bonchev–Trinajstić information content (AvgIpc) is 2.10. The van der Waals surface area contributed by atoms with Crippen LogP contribution in [-0.2, 0) is 9.59 Å². The van der Waals surface area contributed by atoms with Gasteiger partial charge in [0.05, 0.1) is 12.1 Å². The van der Waals surface area contributed by atoms with Gasteiger partial charge in [-0.25, -0.2) is 0 Å². The van der Waals surface area contributed by atoms with Crippen molar-refractivity contribution in [2.75, 3.05) is 0 Å². The maximum Gasteiger partial charge on any atom is 0.237 e. The number of primary amides is 1. The largest absolute Gasteiger partial charge is 0.368 e. The summed E-state index contributed by atoms with van der Waals surface area (Å²) in [7, 11) is 0. The Labute approximate surface area is 97.2 Å². The van der Waals surface area contributed by atoms with E-state index < -0.39 is 18.0 Å². The lowest BCUT2D eigenvalue weighted by Gasteiger charge is -2.25. The van der Waals surface area contributed by atoms with Crippen LogP contribution in [0.5, 0.6) is 0 Å². The molecule has 0 saturated carbocycles. The molecule has 2 amide bonds. The van der Waals surface area contributed by atoms with E-state index in [9.17, 15) is 9.59 Å². The monoisotopic (exact) mass is 229 g/mol. The molecule has 4 N–H and O–H groups in total. The van der Waals surface area contributed by atoms with Crippen LogP contribution in [0.3, 0.4) is 0 Å². The summed E-state index contributed by atoms with van der Waals surface area (Å²) in [6.45, 7) is 9.28. The molecular weight excluding hydrogens is 206 g/mol. The number of hydrogen-bond donors (Lipinski definition) is 3. The van der Waals surface area contributed by atoms with Gasteiger partial charge in [0.1, 0.15) is 0 Å². The van der Waals surface area contributed by atoms with E-state index in [0.29, 0.717) is 6.42 Å². The molecule has 2 atom stereocenters. The van der Waals surface area contributed by atoms with Gasteiger partial charge < -0.3 is 11.1 Å². The van der Waals surface area contributed by atoms with Crippen molar-refractivity contribution >= 4 is 11.8 Å². The molecule has 0 saturated heterocycles. The van der Waals surface area contributed by atoms with Crippen LogP contribution in [0.4, 0.5) is 0 Å². The lowest BCUT2D eigenvalue weighted by Crippen LogP contribution is -2.54. The van der Waals surface area contributed by atoms with Crippen LogP contribution < -0.4 is 16.4 Å². The number of nitrogens with two attached hydrogens (primary N) is 1. The van der Waals surface area contributed by atoms with Crippen molar-refractivity contribution in [3.8, 4) is 0 Å². The summed E-state index contributed by atoms with van der Waals surface area (Å²) in [4.78, 5) is 22.7. The van der Waals surface area contributed by atoms with Crippen LogP contribution in [0.25, 0.3) is 0 Å². The molecule has 0 radical (unpaired) electrons. The van der Waals surface area contributed by atoms with E-state index in [0.717, 1.165) is 0 Å². The zero-order valence-corrected chi connectivity index (χ0v) is 10.8. The van der Waals surface area contributed by atoms with Crippen molar-refractivity contribution < 1.29 is 9.59 Å². The molecule has 0 aromatic heterocycles. The summed E-state index contributed by atoms with van der Waals surface area (Å²) in [6.07, 6.45) is 0.572. The number of rotatable bonds is 5. The van der Waals surface area contributed by atoms with Gasteiger partial charge >= 0.3 is 0 Å². The Morgan fingerprint density at radius 3 is 2.12 bits per heavy atom. The Kier molecular flexibility index (Phi) is 5.44. The molecule has 0 rings (SSSR count). The van der Waals surface area contributed by atoms with E-state index in [1.807, 2.05) is 27.7 Å². The zero-order valence-electron chi connectivity index (χ0n) is 10.8. The van der Waals surface area contributed by atoms with Gasteiger partial charge in [-0.15, -0.1) is 0 Å². The van der Waals surface area contributed by atoms with Gasteiger partial charge in [0.2, 0.25) is 11.8 Å². The van der Waals surface area contributed by atoms with Crippen molar-refractivity contribution in [1.82, 2.24) is 10.6 Å². The standard InChI is InChI=1S/C11H23N3O2/c1-6-8(9(12)15)13-7(2)10(16)14-11(3,4)5/h7-8,13H,6H2,1-5H3,(H2,12,15)(H,14,16). The average molecular weight is 229 g/mol. The summed E-state index contributed by atoms with van der Waals surface area (Å²) >= 11 is 0. The Balaban J connectivity index is 4.29. The quantitative estimate of drug-likeness (QED) is 0.627. The molecule has 16 heavy (non-hydrogen) atoms. The maximum atomic E-state index is 11.7. The van der Waals surface area contributed by atoms with Gasteiger partial charge in [-0.2, -0.15) is 0 Å². The van der Waals surface area contributed by atoms with Crippen molar-refractivity contribution in [2.24, 2.45) is 5.73 Å². The first-order valence-corrected chi connectivity index (χ1v) is 5.54. The molecule has 0 aliphatic heterocycles. The molecule has 0 aliphatic carbocycles. The first-order valence-electron chi connectivity index (χ1n) is 5.54. The summed E-state index contributed by atoms with van der Waals surface area (Å²) in [5.74, 6) is -0.565. The topological polar surface area (TPSA) is 84.2 Å². The highest BCUT2D eigenvalue weighted by molar-refractivity contribution is 5.84. The summed E-state index contributed by atoms with van der Waals surface area (Å²) in [5.41, 5.74) is 4.91. The van der Waals surface area contributed by atoms with Crippen LogP contribution in [0, 0.1) is 0 Å². The highest BCUT2D eigenvalue weighted by Gasteiger charge is 2.22. The maximum absolute atomic E-state index is 11.7. The predicted octanol–water partition coefficient (Wildman–Crippen LogP) is 0.143. The van der Waals surface area contributed by atoms with Crippen LogP contribution in [-0.4, -0.2) is 29.4 Å². The Bertz CT molecular complexity index is 258. The summed E-state index contributed by atoms with van der Waals surface area (Å²) in [5, 5.41) is 5.74. The van der Waals surface area contributed by atoms with E-state index >= 15 is 0 Å². The smallest absolute Gasteiger partial charge is 0.237 e. The van der Waals surface area contributed by atoms with Crippen LogP contribution in [0.1, 0.15) is 41.0 Å². The van der Waals surface area contributed by atoms with Crippen molar-refractivity contribution in [1.29, 1.82) is 0 Å². The highest BCUT2D eigenvalue weighted by atomic mass is 16.2. The van der Waals surface area contributed by atoms with E-state index in [2.05, 4.69) is 10.6 Å². The molecule has 0 spiro atoms. The van der Waals surface area contributed by atoms with Crippen LogP contribution >= 0.6 is 0 Å². The van der Waals surface area contributed by atoms with Crippen LogP contribution in [0.2, 0.25) is 0 Å². The van der Waals surface area contributed by atoms with Crippen molar-refractivity contribution in [2.45, 2.75) is 58.7 Å². The fourth-order valence-corrected chi connectivity index (χ4v) is 1.26. The second kappa shape index (κ2) is 5.84. The number of carbonyl (C=O) groups excluding carboxylic acids is 2. The van der Waals surface area contributed by atoms with Gasteiger partial charge in [-0.1, -0.05) is 6.92 Å². The second-order valence-electron chi connectivity index (χ2n) is 4.99. The van der Waals surface area contributed by atoms with Gasteiger partial charge in [-0.3, -0.25) is 14.9 Å². The number of carbonyl (C=O) groups is 2. The lowest BCUT2D eigenvalue weighted by atomic mass is 10.1. The molecule has 0 bridgehead atoms. The van der Waals surface area contributed by atoms with Crippen molar-refractivity contribution in [3.63, 3.8) is 0 Å². The summed E-state index contributed by atoms with van der Waals surface area (Å²) < 4.78 is 0. The first-order chi connectivity index (χ1) is 7.17. The first kappa shape index (κ1) is 14.9. The third kappa shape index (κ3) is 5.70. The summed E-state index contributed by atoms with van der Waals surface area (Å²) in [6, 6.07) is -0.891.